The molecule has 0 spiro atoms. The van der Waals surface area contributed by atoms with Crippen LogP contribution in [0.3, 0.4) is 0 Å². The zero-order chi connectivity index (χ0) is 22.1. The van der Waals surface area contributed by atoms with E-state index in [-0.39, 0.29) is 28.8 Å². The van der Waals surface area contributed by atoms with Crippen LogP contribution >= 0.6 is 11.6 Å². The highest BCUT2D eigenvalue weighted by Gasteiger charge is 2.31. The van der Waals surface area contributed by atoms with Crippen LogP contribution in [0.2, 0.25) is 5.02 Å². The van der Waals surface area contributed by atoms with Gasteiger partial charge in [-0.1, -0.05) is 48.2 Å². The molecule has 2 aromatic heterocycles. The molecule has 1 N–H and O–H groups in total. The largest absolute Gasteiger partial charge is 0.342 e. The van der Waals surface area contributed by atoms with Gasteiger partial charge in [-0.15, -0.1) is 5.10 Å². The number of aromatic nitrogens is 5. The number of fused-ring (bicyclic) bond motifs is 1. The van der Waals surface area contributed by atoms with Gasteiger partial charge in [-0.25, -0.2) is 9.67 Å². The average Bonchev–Trinajstić information content (AvgIpc) is 3.22. The first-order valence-corrected chi connectivity index (χ1v) is 11.8. The number of amides is 1. The molecular formula is C23H27ClN6O2. The Labute approximate surface area is 191 Å². The number of hydrogen-bond donors (Lipinski definition) is 1. The van der Waals surface area contributed by atoms with Crippen molar-refractivity contribution in [2.75, 3.05) is 13.1 Å². The van der Waals surface area contributed by atoms with E-state index in [1.165, 1.54) is 6.42 Å². The maximum atomic E-state index is 13.1. The van der Waals surface area contributed by atoms with Gasteiger partial charge in [0.1, 0.15) is 5.82 Å². The molecule has 2 fully saturated rings. The molecule has 8 nitrogen and oxygen atoms in total. The summed E-state index contributed by atoms with van der Waals surface area (Å²) in [6, 6.07) is 7.50. The van der Waals surface area contributed by atoms with Gasteiger partial charge in [-0.05, 0) is 43.4 Å². The van der Waals surface area contributed by atoms with Crippen molar-refractivity contribution in [3.8, 4) is 0 Å². The van der Waals surface area contributed by atoms with Crippen molar-refractivity contribution in [1.29, 1.82) is 0 Å². The monoisotopic (exact) mass is 454 g/mol. The Hall–Kier alpha value is -2.74. The van der Waals surface area contributed by atoms with Crippen molar-refractivity contribution < 1.29 is 4.79 Å². The molecule has 32 heavy (non-hydrogen) atoms. The van der Waals surface area contributed by atoms with E-state index in [0.717, 1.165) is 50.6 Å². The standard InChI is InChI=1S/C23H27ClN6O2/c24-18-10-4-6-15(12-18)13-30-21-19(27-28-30)22(31)26-20(25-21)17-9-5-11-29(14-17)23(32)16-7-2-1-3-8-16/h4,6,10,12,16-17H,1-3,5,7-9,11,13-14H2,(H,25,26,31)/t17-/m0/s1. The number of halogens is 1. The number of piperidine rings is 1. The average molecular weight is 455 g/mol. The van der Waals surface area contributed by atoms with Crippen LogP contribution in [-0.4, -0.2) is 48.9 Å². The minimum atomic E-state index is -0.293. The van der Waals surface area contributed by atoms with Gasteiger partial charge in [-0.3, -0.25) is 9.59 Å². The summed E-state index contributed by atoms with van der Waals surface area (Å²) in [5.74, 6) is 1.03. The zero-order valence-corrected chi connectivity index (χ0v) is 18.7. The van der Waals surface area contributed by atoms with Gasteiger partial charge in [0.25, 0.3) is 5.56 Å². The number of nitrogens with zero attached hydrogens (tertiary/aromatic N) is 5. The molecule has 1 aliphatic carbocycles. The van der Waals surface area contributed by atoms with Crippen LogP contribution in [0.25, 0.3) is 11.2 Å². The number of carbonyl (C=O) groups is 1. The van der Waals surface area contributed by atoms with E-state index in [2.05, 4.69) is 15.3 Å². The van der Waals surface area contributed by atoms with Crippen molar-refractivity contribution in [1.82, 2.24) is 29.9 Å². The van der Waals surface area contributed by atoms with Crippen LogP contribution in [0.15, 0.2) is 29.1 Å². The minimum Gasteiger partial charge on any atom is -0.342 e. The molecule has 0 radical (unpaired) electrons. The number of hydrogen-bond acceptors (Lipinski definition) is 5. The number of carbonyl (C=O) groups excluding carboxylic acids is 1. The van der Waals surface area contributed by atoms with E-state index in [0.29, 0.717) is 29.6 Å². The molecule has 168 valence electrons. The highest BCUT2D eigenvalue weighted by molar-refractivity contribution is 6.30. The second-order valence-electron chi connectivity index (χ2n) is 8.96. The van der Waals surface area contributed by atoms with Crippen LogP contribution in [0.5, 0.6) is 0 Å². The lowest BCUT2D eigenvalue weighted by Crippen LogP contribution is -2.43. The number of H-pyrrole nitrogens is 1. The molecule has 1 amide bonds. The van der Waals surface area contributed by atoms with Gasteiger partial charge in [0.2, 0.25) is 5.91 Å². The third-order valence-corrected chi connectivity index (χ3v) is 6.92. The van der Waals surface area contributed by atoms with Crippen LogP contribution in [0.4, 0.5) is 0 Å². The first kappa shape index (κ1) is 21.1. The Morgan fingerprint density at radius 1 is 1.16 bits per heavy atom. The van der Waals surface area contributed by atoms with Crippen LogP contribution in [-0.2, 0) is 11.3 Å². The van der Waals surface area contributed by atoms with Crippen molar-refractivity contribution in [2.45, 2.75) is 57.4 Å². The summed E-state index contributed by atoms with van der Waals surface area (Å²) in [6.07, 6.45) is 7.30. The van der Waals surface area contributed by atoms with Gasteiger partial charge >= 0.3 is 0 Å². The maximum absolute atomic E-state index is 13.1. The fourth-order valence-corrected chi connectivity index (χ4v) is 5.21. The van der Waals surface area contributed by atoms with E-state index < -0.39 is 0 Å². The molecule has 1 saturated heterocycles. The Balaban J connectivity index is 1.40. The number of likely N-dealkylation sites (tertiary alicyclic amines) is 1. The molecule has 9 heteroatoms. The molecule has 3 aromatic rings. The van der Waals surface area contributed by atoms with E-state index in [1.807, 2.05) is 29.2 Å². The van der Waals surface area contributed by atoms with Crippen LogP contribution < -0.4 is 5.56 Å². The van der Waals surface area contributed by atoms with E-state index in [4.69, 9.17) is 16.6 Å². The second kappa shape index (κ2) is 9.02. The number of benzene rings is 1. The SMILES string of the molecule is O=C(C1CCCCC1)N1CCC[C@H](c2nc3c(nnn3Cc3cccc(Cl)c3)c(=O)[nH]2)C1. The van der Waals surface area contributed by atoms with E-state index in [1.54, 1.807) is 4.68 Å². The van der Waals surface area contributed by atoms with Crippen LogP contribution in [0, 0.1) is 5.92 Å². The molecule has 3 heterocycles. The predicted molar refractivity (Wildman–Crippen MR) is 122 cm³/mol. The first-order valence-electron chi connectivity index (χ1n) is 11.4. The lowest BCUT2D eigenvalue weighted by Gasteiger charge is -2.35. The van der Waals surface area contributed by atoms with Gasteiger partial charge in [0.05, 0.1) is 6.54 Å². The highest BCUT2D eigenvalue weighted by Crippen LogP contribution is 2.30. The van der Waals surface area contributed by atoms with Crippen molar-refractivity contribution in [3.63, 3.8) is 0 Å². The van der Waals surface area contributed by atoms with Gasteiger partial charge in [-0.2, -0.15) is 0 Å². The molecular weight excluding hydrogens is 428 g/mol. The fraction of sp³-hybridized carbons (Fsp3) is 0.522. The lowest BCUT2D eigenvalue weighted by atomic mass is 9.87. The quantitative estimate of drug-likeness (QED) is 0.650. The predicted octanol–water partition coefficient (Wildman–Crippen LogP) is 3.50. The summed E-state index contributed by atoms with van der Waals surface area (Å²) in [5, 5.41) is 8.83. The Morgan fingerprint density at radius 3 is 2.81 bits per heavy atom. The Morgan fingerprint density at radius 2 is 2.00 bits per heavy atom. The van der Waals surface area contributed by atoms with E-state index in [9.17, 15) is 9.59 Å². The number of nitrogens with one attached hydrogen (secondary N) is 1. The number of aromatic amines is 1. The fourth-order valence-electron chi connectivity index (χ4n) is 5.00. The third kappa shape index (κ3) is 4.28. The molecule has 0 unspecified atom stereocenters. The molecule has 1 aromatic carbocycles. The third-order valence-electron chi connectivity index (χ3n) is 6.69. The molecule has 1 atom stereocenters. The molecule has 2 aliphatic rings. The van der Waals surface area contributed by atoms with Crippen molar-refractivity contribution in [3.05, 3.63) is 51.0 Å². The summed E-state index contributed by atoms with van der Waals surface area (Å²) >= 11 is 6.10. The summed E-state index contributed by atoms with van der Waals surface area (Å²) in [7, 11) is 0. The first-order chi connectivity index (χ1) is 15.6. The summed E-state index contributed by atoms with van der Waals surface area (Å²) in [5.41, 5.74) is 1.34. The smallest absolute Gasteiger partial charge is 0.281 e. The molecule has 1 aliphatic heterocycles. The summed E-state index contributed by atoms with van der Waals surface area (Å²) in [6.45, 7) is 1.80. The minimum absolute atomic E-state index is 0.00269. The summed E-state index contributed by atoms with van der Waals surface area (Å²) < 4.78 is 1.63. The normalized spacial score (nSPS) is 20.0. The molecule has 1 saturated carbocycles. The van der Waals surface area contributed by atoms with Gasteiger partial charge < -0.3 is 9.88 Å². The zero-order valence-electron chi connectivity index (χ0n) is 18.0. The van der Waals surface area contributed by atoms with Gasteiger partial charge in [0, 0.05) is 29.9 Å². The topological polar surface area (TPSA) is 96.8 Å². The molecule has 0 bridgehead atoms. The highest BCUT2D eigenvalue weighted by atomic mass is 35.5. The molecule has 5 rings (SSSR count). The number of rotatable bonds is 4. The van der Waals surface area contributed by atoms with Crippen molar-refractivity contribution in [2.24, 2.45) is 5.92 Å². The Bertz CT molecular complexity index is 1180. The van der Waals surface area contributed by atoms with Crippen molar-refractivity contribution >= 4 is 28.7 Å². The van der Waals surface area contributed by atoms with Gasteiger partial charge in [0.15, 0.2) is 11.2 Å². The second-order valence-corrected chi connectivity index (χ2v) is 9.40. The van der Waals surface area contributed by atoms with Crippen LogP contribution in [0.1, 0.15) is 62.3 Å². The Kier molecular flexibility index (Phi) is 5.95. The maximum Gasteiger partial charge on any atom is 0.281 e. The lowest BCUT2D eigenvalue weighted by molar-refractivity contribution is -0.137. The summed E-state index contributed by atoms with van der Waals surface area (Å²) in [4.78, 5) is 35.4. The van der Waals surface area contributed by atoms with E-state index >= 15 is 0 Å².